The van der Waals surface area contributed by atoms with E-state index in [1.54, 1.807) is 0 Å². The minimum absolute atomic E-state index is 0.0521. The minimum atomic E-state index is -1.15. The van der Waals surface area contributed by atoms with Crippen LogP contribution in [0.2, 0.25) is 0 Å². The number of carbonyl (C=O) groups is 5. The van der Waals surface area contributed by atoms with Gasteiger partial charge in [0.2, 0.25) is 17.8 Å². The van der Waals surface area contributed by atoms with Crippen molar-refractivity contribution >= 4 is 65.7 Å². The van der Waals surface area contributed by atoms with Gasteiger partial charge in [0.15, 0.2) is 0 Å². The van der Waals surface area contributed by atoms with Crippen LogP contribution in [0.5, 0.6) is 0 Å². The van der Waals surface area contributed by atoms with Gasteiger partial charge < -0.3 is 24.4 Å². The maximum absolute atomic E-state index is 13.5. The lowest BCUT2D eigenvalue weighted by molar-refractivity contribution is -0.385. The van der Waals surface area contributed by atoms with Crippen molar-refractivity contribution in [3.63, 3.8) is 0 Å². The third-order valence-corrected chi connectivity index (χ3v) is 9.47. The van der Waals surface area contributed by atoms with Crippen LogP contribution in [0.3, 0.4) is 0 Å². The third kappa shape index (κ3) is 11.6. The van der Waals surface area contributed by atoms with Crippen LogP contribution in [0, 0.1) is 30.3 Å². The van der Waals surface area contributed by atoms with Crippen LogP contribution in [0.1, 0.15) is 23.1 Å². The largest absolute Gasteiger partial charge is 0.445 e. The molecule has 5 rings (SSSR count). The van der Waals surface area contributed by atoms with Crippen LogP contribution in [0.25, 0.3) is 0 Å². The second kappa shape index (κ2) is 19.9. The van der Waals surface area contributed by atoms with Crippen molar-refractivity contribution in [2.24, 2.45) is 4.99 Å². The molecule has 5 amide bonds. The van der Waals surface area contributed by atoms with Crippen molar-refractivity contribution in [1.82, 2.24) is 25.3 Å². The number of ether oxygens (including phenoxy) is 3. The summed E-state index contributed by atoms with van der Waals surface area (Å²) in [6.45, 7) is -1.40. The number of nitro groups is 3. The highest BCUT2D eigenvalue weighted by molar-refractivity contribution is 7.81. The maximum Gasteiger partial charge on any atom is 0.417 e. The van der Waals surface area contributed by atoms with Gasteiger partial charge in [-0.15, -0.1) is 0 Å². The fourth-order valence-corrected chi connectivity index (χ4v) is 6.34. The van der Waals surface area contributed by atoms with Gasteiger partial charge >= 0.3 is 18.3 Å². The van der Waals surface area contributed by atoms with E-state index >= 15 is 0 Å². The number of likely N-dealkylation sites (tertiary alicyclic amines) is 2. The Hall–Kier alpha value is -7.37. The molecule has 2 aliphatic rings. The number of rotatable bonds is 13. The van der Waals surface area contributed by atoms with E-state index in [0.29, 0.717) is 21.6 Å². The molecule has 2 heterocycles. The van der Waals surface area contributed by atoms with Crippen LogP contribution >= 0.6 is 12.6 Å². The summed E-state index contributed by atoms with van der Waals surface area (Å²) >= 11 is 4.45. The molecule has 0 radical (unpaired) electrons. The van der Waals surface area contributed by atoms with Gasteiger partial charge in [-0.1, -0.05) is 0 Å². The summed E-state index contributed by atoms with van der Waals surface area (Å²) in [7, 11) is 1.21. The first kappa shape index (κ1) is 43.7. The molecule has 0 saturated carbocycles. The molecule has 2 N–H and O–H groups in total. The molecule has 0 aliphatic carbocycles. The molecular formula is C36H37N9O14S. The summed E-state index contributed by atoms with van der Waals surface area (Å²) in [4.78, 5) is 104. The second-order valence-corrected chi connectivity index (χ2v) is 14.0. The Morgan fingerprint density at radius 3 is 1.68 bits per heavy atom. The molecule has 3 aromatic carbocycles. The molecule has 3 aromatic rings. The lowest BCUT2D eigenvalue weighted by atomic mass is 10.1. The lowest BCUT2D eigenvalue weighted by Crippen LogP contribution is -2.64. The van der Waals surface area contributed by atoms with E-state index in [9.17, 15) is 54.3 Å². The second-order valence-electron chi connectivity index (χ2n) is 13.3. The number of benzene rings is 3. The minimum Gasteiger partial charge on any atom is -0.445 e. The summed E-state index contributed by atoms with van der Waals surface area (Å²) in [6.07, 6.45) is -2.78. The van der Waals surface area contributed by atoms with Crippen LogP contribution in [-0.2, 0) is 43.6 Å². The topological polar surface area (TPSA) is 289 Å². The van der Waals surface area contributed by atoms with Crippen LogP contribution in [0.4, 0.5) is 31.4 Å². The standard InChI is InChI=1S/C36H37N9O14S/c1-37-33(39-34(48)57-19-22-2-8-26(9-3-22)43(51)52)42(36(50)59-21-24-6-12-28(13-7-24)45(55)56)18-31(46)38-25-15-40(16-25)32(47)30-14-29(60)17-41(30)35(49)58-20-23-4-10-27(11-5-23)44(53)54/h2-13,25,29-30,60H,14-21H2,1H3,(H,38,46)(H,37,39,48). The zero-order valence-electron chi connectivity index (χ0n) is 31.6. The predicted octanol–water partition coefficient (Wildman–Crippen LogP) is 3.30. The van der Waals surface area contributed by atoms with Gasteiger partial charge in [-0.3, -0.25) is 55.1 Å². The molecule has 23 nitrogen and oxygen atoms in total. The Labute approximate surface area is 345 Å². The Balaban J connectivity index is 1.17. The van der Waals surface area contributed by atoms with Crippen molar-refractivity contribution in [1.29, 1.82) is 0 Å². The molecule has 2 saturated heterocycles. The molecular weight excluding hydrogens is 815 g/mol. The number of aliphatic imine (C=N–C) groups is 1. The monoisotopic (exact) mass is 851 g/mol. The fraction of sp³-hybridized carbons (Fsp3) is 0.333. The van der Waals surface area contributed by atoms with E-state index in [1.165, 1.54) is 89.6 Å². The Kier molecular flexibility index (Phi) is 14.5. The fourth-order valence-electron chi connectivity index (χ4n) is 5.97. The number of carbonyl (C=O) groups excluding carboxylic acids is 5. The van der Waals surface area contributed by atoms with E-state index < -0.39 is 69.5 Å². The average molecular weight is 852 g/mol. The zero-order valence-corrected chi connectivity index (χ0v) is 32.5. The van der Waals surface area contributed by atoms with Crippen molar-refractivity contribution < 1.29 is 53.0 Å². The summed E-state index contributed by atoms with van der Waals surface area (Å²) in [5, 5.41) is 37.5. The van der Waals surface area contributed by atoms with Gasteiger partial charge in [-0.2, -0.15) is 12.6 Å². The van der Waals surface area contributed by atoms with Crippen molar-refractivity contribution in [3.8, 4) is 0 Å². The van der Waals surface area contributed by atoms with Gasteiger partial charge in [-0.25, -0.2) is 19.3 Å². The SMILES string of the molecule is CN=C(NC(=O)OCc1ccc([N+](=O)[O-])cc1)N(CC(=O)NC1CN(C(=O)C2CC(S)CN2C(=O)OCc2ccc([N+](=O)[O-])cc2)C1)C(=O)OCc1ccc([N+](=O)[O-])cc1. The van der Waals surface area contributed by atoms with Crippen LogP contribution in [-0.4, -0.2) is 116 Å². The van der Waals surface area contributed by atoms with Gasteiger partial charge in [-0.05, 0) is 59.5 Å². The Morgan fingerprint density at radius 2 is 1.22 bits per heavy atom. The first-order chi connectivity index (χ1) is 28.6. The normalized spacial score (nSPS) is 16.2. The number of amides is 5. The number of nitrogens with one attached hydrogen (secondary N) is 2. The summed E-state index contributed by atoms with van der Waals surface area (Å²) in [5.41, 5.74) is 0.790. The molecule has 0 aromatic heterocycles. The summed E-state index contributed by atoms with van der Waals surface area (Å²) in [6, 6.07) is 14.3. The van der Waals surface area contributed by atoms with Gasteiger partial charge in [0.25, 0.3) is 17.1 Å². The molecule has 2 aliphatic heterocycles. The highest BCUT2D eigenvalue weighted by Gasteiger charge is 2.44. The number of thiol groups is 1. The Morgan fingerprint density at radius 1 is 0.750 bits per heavy atom. The first-order valence-corrected chi connectivity index (χ1v) is 18.4. The highest BCUT2D eigenvalue weighted by atomic mass is 32.1. The first-order valence-electron chi connectivity index (χ1n) is 17.9. The number of guanidine groups is 1. The predicted molar refractivity (Wildman–Crippen MR) is 209 cm³/mol. The van der Waals surface area contributed by atoms with Crippen molar-refractivity contribution in [2.45, 2.75) is 43.6 Å². The van der Waals surface area contributed by atoms with E-state index in [-0.39, 0.29) is 68.2 Å². The number of non-ortho nitro benzene ring substituents is 3. The average Bonchev–Trinajstić information content (AvgIpc) is 3.62. The van der Waals surface area contributed by atoms with E-state index in [4.69, 9.17) is 14.2 Å². The molecule has 2 unspecified atom stereocenters. The van der Waals surface area contributed by atoms with E-state index in [1.807, 2.05) is 0 Å². The van der Waals surface area contributed by atoms with Crippen molar-refractivity contribution in [3.05, 3.63) is 120 Å². The molecule has 0 spiro atoms. The number of alkyl carbamates (subject to hydrolysis) is 1. The van der Waals surface area contributed by atoms with Crippen LogP contribution in [0.15, 0.2) is 77.8 Å². The van der Waals surface area contributed by atoms with Gasteiger partial charge in [0, 0.05) is 68.3 Å². The molecule has 24 heteroatoms. The summed E-state index contributed by atoms with van der Waals surface area (Å²) in [5.74, 6) is -1.60. The van der Waals surface area contributed by atoms with Gasteiger partial charge in [0.1, 0.15) is 32.4 Å². The number of hydrogen-bond donors (Lipinski definition) is 3. The number of hydrogen-bond acceptors (Lipinski definition) is 16. The molecule has 60 heavy (non-hydrogen) atoms. The summed E-state index contributed by atoms with van der Waals surface area (Å²) < 4.78 is 15.9. The molecule has 316 valence electrons. The number of nitrogens with zero attached hydrogens (tertiary/aromatic N) is 7. The molecule has 2 fully saturated rings. The molecule has 2 atom stereocenters. The van der Waals surface area contributed by atoms with E-state index in [2.05, 4.69) is 28.3 Å². The zero-order chi connectivity index (χ0) is 43.5. The van der Waals surface area contributed by atoms with Gasteiger partial charge in [0.05, 0.1) is 20.8 Å². The van der Waals surface area contributed by atoms with Crippen molar-refractivity contribution in [2.75, 3.05) is 33.2 Å². The molecule has 0 bridgehead atoms. The number of nitro benzene ring substituents is 3. The lowest BCUT2D eigenvalue weighted by Gasteiger charge is -2.42. The quantitative estimate of drug-likeness (QED) is 0.0556. The maximum atomic E-state index is 13.5. The third-order valence-electron chi connectivity index (χ3n) is 9.10. The smallest absolute Gasteiger partial charge is 0.417 e. The van der Waals surface area contributed by atoms with Crippen LogP contribution < -0.4 is 10.6 Å². The Bertz CT molecular complexity index is 2150. The highest BCUT2D eigenvalue weighted by Crippen LogP contribution is 2.27. The van der Waals surface area contributed by atoms with E-state index in [0.717, 1.165) is 0 Å².